The molecule has 0 spiro atoms. The zero-order valence-electron chi connectivity index (χ0n) is 22.2. The molecule has 2 nitrogen and oxygen atoms in total. The zero-order valence-corrected chi connectivity index (χ0v) is 22.2. The van der Waals surface area contributed by atoms with E-state index in [-0.39, 0.29) is 10.8 Å². The van der Waals surface area contributed by atoms with Gasteiger partial charge in [0.25, 0.3) is 0 Å². The molecule has 36 heavy (non-hydrogen) atoms. The van der Waals surface area contributed by atoms with Crippen molar-refractivity contribution < 1.29 is 0 Å². The Balaban J connectivity index is 2.01. The fraction of sp³-hybridized carbons (Fsp3) is 0.235. The number of nitrogens with two attached hydrogens (primary N) is 2. The number of nitrogen functional groups attached to an aromatic ring is 2. The molecule has 0 aromatic heterocycles. The quantitative estimate of drug-likeness (QED) is 0.199. The molecule has 5 rings (SSSR count). The first-order valence-corrected chi connectivity index (χ1v) is 12.7. The van der Waals surface area contributed by atoms with Crippen LogP contribution in [0.1, 0.15) is 52.7 Å². The van der Waals surface area contributed by atoms with E-state index in [9.17, 15) is 0 Å². The second kappa shape index (κ2) is 8.41. The fourth-order valence-electron chi connectivity index (χ4n) is 5.08. The maximum atomic E-state index is 6.08. The van der Waals surface area contributed by atoms with Crippen LogP contribution in [0.15, 0.2) is 84.9 Å². The summed E-state index contributed by atoms with van der Waals surface area (Å²) in [6.45, 7) is 13.6. The Hall–Kier alpha value is -3.78. The van der Waals surface area contributed by atoms with Crippen molar-refractivity contribution in [3.63, 3.8) is 0 Å². The van der Waals surface area contributed by atoms with E-state index in [1.54, 1.807) is 0 Å². The minimum atomic E-state index is 0.0407. The van der Waals surface area contributed by atoms with Gasteiger partial charge in [-0.15, -0.1) is 0 Å². The number of benzene rings is 5. The first kappa shape index (κ1) is 23.9. The third-order valence-corrected chi connectivity index (χ3v) is 7.25. The number of fused-ring (bicyclic) bond motifs is 2. The van der Waals surface area contributed by atoms with Gasteiger partial charge in [0.2, 0.25) is 0 Å². The lowest BCUT2D eigenvalue weighted by Gasteiger charge is -2.25. The summed E-state index contributed by atoms with van der Waals surface area (Å²) < 4.78 is 0. The maximum absolute atomic E-state index is 6.08. The van der Waals surface area contributed by atoms with E-state index in [2.05, 4.69) is 102 Å². The van der Waals surface area contributed by atoms with Crippen LogP contribution in [0, 0.1) is 0 Å². The van der Waals surface area contributed by atoms with Gasteiger partial charge >= 0.3 is 0 Å². The van der Waals surface area contributed by atoms with Crippen molar-refractivity contribution in [1.29, 1.82) is 0 Å². The second-order valence-corrected chi connectivity index (χ2v) is 12.0. The van der Waals surface area contributed by atoms with E-state index >= 15 is 0 Å². The minimum absolute atomic E-state index is 0.0407. The van der Waals surface area contributed by atoms with Gasteiger partial charge in [-0.25, -0.2) is 0 Å². The maximum Gasteiger partial charge on any atom is 0.0314 e. The lowest BCUT2D eigenvalue weighted by atomic mass is 9.79. The predicted octanol–water partition coefficient (Wildman–Crippen LogP) is 9.09. The largest absolute Gasteiger partial charge is 0.399 e. The van der Waals surface area contributed by atoms with Crippen molar-refractivity contribution >= 4 is 32.9 Å². The number of anilines is 2. The fourth-order valence-corrected chi connectivity index (χ4v) is 5.08. The zero-order chi connectivity index (χ0) is 25.8. The third kappa shape index (κ3) is 4.22. The highest BCUT2D eigenvalue weighted by atomic mass is 14.5. The summed E-state index contributed by atoms with van der Waals surface area (Å²) in [5.74, 6) is 0. The molecule has 0 heterocycles. The Kier molecular flexibility index (Phi) is 5.59. The normalized spacial score (nSPS) is 12.4. The van der Waals surface area contributed by atoms with Gasteiger partial charge in [0, 0.05) is 11.4 Å². The lowest BCUT2D eigenvalue weighted by molar-refractivity contribution is 0.590. The van der Waals surface area contributed by atoms with Gasteiger partial charge in [-0.05, 0) is 102 Å². The molecular formula is C34H36N2. The molecule has 0 saturated carbocycles. The van der Waals surface area contributed by atoms with Gasteiger partial charge in [-0.2, -0.15) is 0 Å². The molecule has 0 fully saturated rings. The van der Waals surface area contributed by atoms with Crippen molar-refractivity contribution in [3.05, 3.63) is 96.1 Å². The highest BCUT2D eigenvalue weighted by Crippen LogP contribution is 2.46. The molecule has 0 aliphatic carbocycles. The molecule has 0 atom stereocenters. The second-order valence-electron chi connectivity index (χ2n) is 12.0. The first-order chi connectivity index (χ1) is 16.9. The Bertz CT molecular complexity index is 1450. The van der Waals surface area contributed by atoms with Crippen LogP contribution in [0.2, 0.25) is 0 Å². The highest BCUT2D eigenvalue weighted by molar-refractivity contribution is 6.21. The van der Waals surface area contributed by atoms with Gasteiger partial charge < -0.3 is 11.5 Å². The van der Waals surface area contributed by atoms with Gasteiger partial charge in [0.15, 0.2) is 0 Å². The van der Waals surface area contributed by atoms with E-state index in [1.807, 2.05) is 24.3 Å². The van der Waals surface area contributed by atoms with Crippen LogP contribution in [0.5, 0.6) is 0 Å². The molecule has 0 aliphatic heterocycles. The molecule has 0 amide bonds. The standard InChI is InChI=1S/C34H36N2/c1-33(2,3)23-11-17-27-29(19-23)31(21-7-13-25(35)14-8-21)28-18-12-24(34(4,5)6)20-30(28)32(27)22-9-15-26(36)16-10-22/h7-20H,35-36H2,1-6H3. The Morgan fingerprint density at radius 2 is 0.750 bits per heavy atom. The average molecular weight is 473 g/mol. The molecule has 0 aliphatic rings. The predicted molar refractivity (Wildman–Crippen MR) is 159 cm³/mol. The average Bonchev–Trinajstić information content (AvgIpc) is 2.82. The van der Waals surface area contributed by atoms with Crippen LogP contribution in [0.4, 0.5) is 11.4 Å². The molecule has 0 unspecified atom stereocenters. The van der Waals surface area contributed by atoms with Gasteiger partial charge in [-0.1, -0.05) is 90.1 Å². The summed E-state index contributed by atoms with van der Waals surface area (Å²) in [5.41, 5.74) is 21.3. The van der Waals surface area contributed by atoms with E-state index in [4.69, 9.17) is 11.5 Å². The number of hydrogen-bond donors (Lipinski definition) is 2. The van der Waals surface area contributed by atoms with Crippen LogP contribution < -0.4 is 11.5 Å². The smallest absolute Gasteiger partial charge is 0.0314 e. The molecule has 0 bridgehead atoms. The summed E-state index contributed by atoms with van der Waals surface area (Å²) in [4.78, 5) is 0. The molecular weight excluding hydrogens is 436 g/mol. The van der Waals surface area contributed by atoms with Crippen molar-refractivity contribution in [2.24, 2.45) is 0 Å². The topological polar surface area (TPSA) is 52.0 Å². The molecule has 2 heteroatoms. The monoisotopic (exact) mass is 472 g/mol. The SMILES string of the molecule is CC(C)(C)c1ccc2c(-c3ccc(N)cc3)c3cc(C(C)(C)C)ccc3c(-c3ccc(N)cc3)c2c1. The minimum Gasteiger partial charge on any atom is -0.399 e. The molecule has 5 aromatic rings. The van der Waals surface area contributed by atoms with Crippen molar-refractivity contribution in [2.75, 3.05) is 11.5 Å². The lowest BCUT2D eigenvalue weighted by Crippen LogP contribution is -2.11. The summed E-state index contributed by atoms with van der Waals surface area (Å²) in [5, 5.41) is 5.02. The van der Waals surface area contributed by atoms with E-state index in [1.165, 1.54) is 54.9 Å². The summed E-state index contributed by atoms with van der Waals surface area (Å²) >= 11 is 0. The summed E-state index contributed by atoms with van der Waals surface area (Å²) in [6.07, 6.45) is 0. The molecule has 5 aromatic carbocycles. The number of hydrogen-bond acceptors (Lipinski definition) is 2. The van der Waals surface area contributed by atoms with Gasteiger partial charge in [-0.3, -0.25) is 0 Å². The van der Waals surface area contributed by atoms with Crippen LogP contribution in [0.3, 0.4) is 0 Å². The third-order valence-electron chi connectivity index (χ3n) is 7.25. The Labute approximate surface area is 215 Å². The van der Waals surface area contributed by atoms with E-state index < -0.39 is 0 Å². The van der Waals surface area contributed by atoms with Crippen LogP contribution in [-0.2, 0) is 10.8 Å². The summed E-state index contributed by atoms with van der Waals surface area (Å²) in [6, 6.07) is 30.6. The number of rotatable bonds is 2. The Morgan fingerprint density at radius 1 is 0.417 bits per heavy atom. The van der Waals surface area contributed by atoms with E-state index in [0.29, 0.717) is 0 Å². The van der Waals surface area contributed by atoms with Gasteiger partial charge in [0.05, 0.1) is 0 Å². The van der Waals surface area contributed by atoms with Crippen molar-refractivity contribution in [2.45, 2.75) is 52.4 Å². The van der Waals surface area contributed by atoms with Crippen molar-refractivity contribution in [1.82, 2.24) is 0 Å². The molecule has 182 valence electrons. The molecule has 0 saturated heterocycles. The summed E-state index contributed by atoms with van der Waals surface area (Å²) in [7, 11) is 0. The molecule has 0 radical (unpaired) electrons. The van der Waals surface area contributed by atoms with Crippen molar-refractivity contribution in [3.8, 4) is 22.3 Å². The van der Waals surface area contributed by atoms with Crippen LogP contribution in [-0.4, -0.2) is 0 Å². The van der Waals surface area contributed by atoms with Crippen LogP contribution in [0.25, 0.3) is 43.8 Å². The molecule has 4 N–H and O–H groups in total. The van der Waals surface area contributed by atoms with Crippen LogP contribution >= 0.6 is 0 Å². The van der Waals surface area contributed by atoms with E-state index in [0.717, 1.165) is 11.4 Å². The Morgan fingerprint density at radius 3 is 1.06 bits per heavy atom. The highest BCUT2D eigenvalue weighted by Gasteiger charge is 2.22. The first-order valence-electron chi connectivity index (χ1n) is 12.7. The van der Waals surface area contributed by atoms with Gasteiger partial charge in [0.1, 0.15) is 0 Å².